The van der Waals surface area contributed by atoms with Crippen LogP contribution in [0.15, 0.2) is 18.2 Å². The number of halogens is 2. The van der Waals surface area contributed by atoms with Gasteiger partial charge in [-0.1, -0.05) is 0 Å². The quantitative estimate of drug-likeness (QED) is 0.610. The molecule has 0 amide bonds. The highest BCUT2D eigenvalue weighted by Crippen LogP contribution is 2.20. The Balaban J connectivity index is 2.56. The maximum atomic E-state index is 13.4. The number of rotatable bonds is 5. The SMILES string of the molecule is CC(C)(C)OCCOc1cc(C(=O)Cl)ccc1F. The monoisotopic (exact) mass is 274 g/mol. The van der Waals surface area contributed by atoms with Crippen LogP contribution in [0.3, 0.4) is 0 Å². The fourth-order valence-electron chi connectivity index (χ4n) is 1.24. The summed E-state index contributed by atoms with van der Waals surface area (Å²) >= 11 is 5.31. The number of benzene rings is 1. The zero-order valence-corrected chi connectivity index (χ0v) is 11.4. The third-order valence-corrected chi connectivity index (χ3v) is 2.25. The molecule has 0 aliphatic carbocycles. The lowest BCUT2D eigenvalue weighted by atomic mass is 10.2. The molecule has 3 nitrogen and oxygen atoms in total. The molecule has 1 aromatic carbocycles. The molecular weight excluding hydrogens is 259 g/mol. The van der Waals surface area contributed by atoms with Crippen LogP contribution in [0.5, 0.6) is 5.75 Å². The molecule has 0 aliphatic heterocycles. The molecule has 0 aliphatic rings. The van der Waals surface area contributed by atoms with Crippen molar-refractivity contribution in [3.05, 3.63) is 29.6 Å². The molecule has 100 valence electrons. The van der Waals surface area contributed by atoms with Crippen LogP contribution in [0.1, 0.15) is 31.1 Å². The number of hydrogen-bond donors (Lipinski definition) is 0. The summed E-state index contributed by atoms with van der Waals surface area (Å²) in [6.07, 6.45) is 0. The highest BCUT2D eigenvalue weighted by molar-refractivity contribution is 6.67. The number of ether oxygens (including phenoxy) is 2. The van der Waals surface area contributed by atoms with Crippen LogP contribution < -0.4 is 4.74 Å². The molecule has 0 fully saturated rings. The summed E-state index contributed by atoms with van der Waals surface area (Å²) in [6.45, 7) is 6.29. The van der Waals surface area contributed by atoms with E-state index in [2.05, 4.69) is 0 Å². The molecule has 0 radical (unpaired) electrons. The fraction of sp³-hybridized carbons (Fsp3) is 0.462. The fourth-order valence-corrected chi connectivity index (χ4v) is 1.35. The van der Waals surface area contributed by atoms with E-state index in [0.717, 1.165) is 6.07 Å². The molecule has 0 saturated heterocycles. The van der Waals surface area contributed by atoms with E-state index in [1.165, 1.54) is 12.1 Å². The molecule has 0 heterocycles. The average molecular weight is 275 g/mol. The third kappa shape index (κ3) is 5.02. The Bertz CT molecular complexity index is 427. The van der Waals surface area contributed by atoms with Crippen LogP contribution >= 0.6 is 11.6 Å². The van der Waals surface area contributed by atoms with Gasteiger partial charge in [0, 0.05) is 5.56 Å². The number of carbonyl (C=O) groups is 1. The molecule has 0 N–H and O–H groups in total. The van der Waals surface area contributed by atoms with Gasteiger partial charge in [-0.3, -0.25) is 4.79 Å². The molecule has 18 heavy (non-hydrogen) atoms. The molecule has 1 rings (SSSR count). The first-order valence-corrected chi connectivity index (χ1v) is 5.93. The minimum Gasteiger partial charge on any atom is -0.488 e. The highest BCUT2D eigenvalue weighted by Gasteiger charge is 2.11. The predicted octanol–water partition coefficient (Wildman–Crippen LogP) is 3.40. The molecule has 0 unspecified atom stereocenters. The van der Waals surface area contributed by atoms with Crippen LogP contribution in [-0.4, -0.2) is 24.1 Å². The third-order valence-electron chi connectivity index (χ3n) is 2.03. The van der Waals surface area contributed by atoms with E-state index in [-0.39, 0.29) is 23.5 Å². The second-order valence-corrected chi connectivity index (χ2v) is 5.07. The predicted molar refractivity (Wildman–Crippen MR) is 67.8 cm³/mol. The van der Waals surface area contributed by atoms with E-state index in [1.54, 1.807) is 0 Å². The Labute approximate surface area is 111 Å². The van der Waals surface area contributed by atoms with Crippen LogP contribution in [0.2, 0.25) is 0 Å². The normalized spacial score (nSPS) is 11.4. The molecule has 0 aromatic heterocycles. The van der Waals surface area contributed by atoms with Crippen LogP contribution in [0.25, 0.3) is 0 Å². The van der Waals surface area contributed by atoms with Gasteiger partial charge in [0.25, 0.3) is 5.24 Å². The van der Waals surface area contributed by atoms with Crippen molar-refractivity contribution in [3.8, 4) is 5.75 Å². The van der Waals surface area contributed by atoms with Crippen molar-refractivity contribution in [1.29, 1.82) is 0 Å². The summed E-state index contributed by atoms with van der Waals surface area (Å²) in [5.74, 6) is -0.536. The summed E-state index contributed by atoms with van der Waals surface area (Å²) < 4.78 is 24.0. The number of hydrogen-bond acceptors (Lipinski definition) is 3. The smallest absolute Gasteiger partial charge is 0.252 e. The second kappa shape index (κ2) is 6.16. The lowest BCUT2D eigenvalue weighted by Crippen LogP contribution is -2.22. The lowest BCUT2D eigenvalue weighted by molar-refractivity contribution is -0.0166. The molecule has 0 spiro atoms. The van der Waals surface area contributed by atoms with E-state index in [0.29, 0.717) is 6.61 Å². The van der Waals surface area contributed by atoms with Gasteiger partial charge in [0.15, 0.2) is 11.6 Å². The van der Waals surface area contributed by atoms with Gasteiger partial charge in [-0.05, 0) is 50.6 Å². The zero-order valence-electron chi connectivity index (χ0n) is 10.6. The molecule has 1 aromatic rings. The topological polar surface area (TPSA) is 35.5 Å². The standard InChI is InChI=1S/C13H16ClFO3/c1-13(2,3)18-7-6-17-11-8-9(12(14)16)4-5-10(11)15/h4-5,8H,6-7H2,1-3H3. The zero-order chi connectivity index (χ0) is 13.8. The first kappa shape index (κ1) is 14.9. The summed E-state index contributed by atoms with van der Waals surface area (Å²) in [4.78, 5) is 10.9. The van der Waals surface area contributed by atoms with Gasteiger partial charge in [-0.15, -0.1) is 0 Å². The van der Waals surface area contributed by atoms with Gasteiger partial charge in [0.2, 0.25) is 0 Å². The summed E-state index contributed by atoms with van der Waals surface area (Å²) in [5, 5.41) is -0.647. The van der Waals surface area contributed by atoms with Gasteiger partial charge in [-0.2, -0.15) is 0 Å². The second-order valence-electron chi connectivity index (χ2n) is 4.73. The Morgan fingerprint density at radius 2 is 2.00 bits per heavy atom. The Morgan fingerprint density at radius 1 is 1.33 bits per heavy atom. The molecular formula is C13H16ClFO3. The van der Waals surface area contributed by atoms with Crippen molar-refractivity contribution < 1.29 is 18.7 Å². The van der Waals surface area contributed by atoms with E-state index < -0.39 is 11.1 Å². The minimum absolute atomic E-state index is 0.000917. The molecule has 0 saturated carbocycles. The maximum absolute atomic E-state index is 13.4. The maximum Gasteiger partial charge on any atom is 0.252 e. The summed E-state index contributed by atoms with van der Waals surface area (Å²) in [6, 6.07) is 3.74. The lowest BCUT2D eigenvalue weighted by Gasteiger charge is -2.19. The van der Waals surface area contributed by atoms with E-state index in [9.17, 15) is 9.18 Å². The van der Waals surface area contributed by atoms with Crippen molar-refractivity contribution in [2.24, 2.45) is 0 Å². The minimum atomic E-state index is -0.647. The van der Waals surface area contributed by atoms with Gasteiger partial charge in [-0.25, -0.2) is 4.39 Å². The van der Waals surface area contributed by atoms with Crippen molar-refractivity contribution in [2.45, 2.75) is 26.4 Å². The Hall–Kier alpha value is -1.13. The van der Waals surface area contributed by atoms with Gasteiger partial charge < -0.3 is 9.47 Å². The number of carbonyl (C=O) groups excluding carboxylic acids is 1. The van der Waals surface area contributed by atoms with Gasteiger partial charge in [0.05, 0.1) is 12.2 Å². The van der Waals surface area contributed by atoms with E-state index in [4.69, 9.17) is 21.1 Å². The largest absolute Gasteiger partial charge is 0.488 e. The van der Waals surface area contributed by atoms with Crippen LogP contribution in [-0.2, 0) is 4.74 Å². The molecule has 0 bridgehead atoms. The van der Waals surface area contributed by atoms with Crippen molar-refractivity contribution in [1.82, 2.24) is 0 Å². The Morgan fingerprint density at radius 3 is 2.56 bits per heavy atom. The summed E-state index contributed by atoms with van der Waals surface area (Å²) in [5.41, 5.74) is -0.0691. The Kier molecular flexibility index (Phi) is 5.11. The van der Waals surface area contributed by atoms with Crippen molar-refractivity contribution in [2.75, 3.05) is 13.2 Å². The van der Waals surface area contributed by atoms with E-state index >= 15 is 0 Å². The van der Waals surface area contributed by atoms with E-state index in [1.807, 2.05) is 20.8 Å². The average Bonchev–Trinajstić information content (AvgIpc) is 2.24. The van der Waals surface area contributed by atoms with Crippen molar-refractivity contribution >= 4 is 16.8 Å². The van der Waals surface area contributed by atoms with Crippen LogP contribution in [0, 0.1) is 5.82 Å². The van der Waals surface area contributed by atoms with Gasteiger partial charge in [0.1, 0.15) is 6.61 Å². The highest BCUT2D eigenvalue weighted by atomic mass is 35.5. The van der Waals surface area contributed by atoms with Crippen LogP contribution in [0.4, 0.5) is 4.39 Å². The first-order chi connectivity index (χ1) is 8.29. The van der Waals surface area contributed by atoms with Crippen molar-refractivity contribution in [3.63, 3.8) is 0 Å². The van der Waals surface area contributed by atoms with Gasteiger partial charge >= 0.3 is 0 Å². The molecule has 0 atom stereocenters. The first-order valence-electron chi connectivity index (χ1n) is 5.56. The summed E-state index contributed by atoms with van der Waals surface area (Å²) in [7, 11) is 0. The molecule has 5 heteroatoms.